The number of aromatic nitrogens is 2. The summed E-state index contributed by atoms with van der Waals surface area (Å²) in [5, 5.41) is 14.5. The Morgan fingerprint density at radius 2 is 1.95 bits per heavy atom. The topological polar surface area (TPSA) is 112 Å². The van der Waals surface area contributed by atoms with Crippen molar-refractivity contribution in [2.24, 2.45) is 5.73 Å². The van der Waals surface area contributed by atoms with Crippen LogP contribution in [0, 0.1) is 6.92 Å². The van der Waals surface area contributed by atoms with Crippen LogP contribution < -0.4 is 11.3 Å². The van der Waals surface area contributed by atoms with E-state index >= 15 is 0 Å². The van der Waals surface area contributed by atoms with E-state index in [-0.39, 0.29) is 17.7 Å². The smallest absolute Gasteiger partial charge is 0.267 e. The molecule has 1 heterocycles. The number of aromatic amines is 2. The molecule has 6 nitrogen and oxygen atoms in total. The minimum atomic E-state index is -0.488. The van der Waals surface area contributed by atoms with Crippen LogP contribution >= 0.6 is 0 Å². The number of primary amides is 1. The molecule has 1 amide bonds. The summed E-state index contributed by atoms with van der Waals surface area (Å²) in [6.45, 7) is 1.75. The molecule has 19 heavy (non-hydrogen) atoms. The molecule has 5 N–H and O–H groups in total. The zero-order valence-electron chi connectivity index (χ0n) is 10.4. The van der Waals surface area contributed by atoms with Crippen molar-refractivity contribution in [3.63, 3.8) is 0 Å². The van der Waals surface area contributed by atoms with E-state index in [1.807, 2.05) is 0 Å². The van der Waals surface area contributed by atoms with E-state index in [0.29, 0.717) is 11.3 Å². The number of phenolic OH excluding ortho intramolecular Hbond substituents is 1. The van der Waals surface area contributed by atoms with Gasteiger partial charge in [-0.05, 0) is 24.6 Å². The number of benzene rings is 1. The van der Waals surface area contributed by atoms with E-state index in [0.717, 1.165) is 5.56 Å². The Kier molecular flexibility index (Phi) is 3.41. The number of carbonyl (C=O) groups excluding carboxylic acids is 1. The number of hydrogen-bond donors (Lipinski definition) is 4. The molecule has 2 aromatic rings. The van der Waals surface area contributed by atoms with Crippen LogP contribution in [0.25, 0.3) is 0 Å². The van der Waals surface area contributed by atoms with Gasteiger partial charge in [-0.25, -0.2) is 0 Å². The van der Waals surface area contributed by atoms with Gasteiger partial charge in [-0.1, -0.05) is 12.1 Å². The van der Waals surface area contributed by atoms with E-state index in [1.54, 1.807) is 19.1 Å². The number of carbonyl (C=O) groups is 1. The second-order valence-electron chi connectivity index (χ2n) is 4.43. The number of rotatable bonds is 4. The molecule has 0 saturated carbocycles. The Bertz CT molecular complexity index is 640. The summed E-state index contributed by atoms with van der Waals surface area (Å²) in [6, 6.07) is 6.38. The van der Waals surface area contributed by atoms with E-state index < -0.39 is 11.8 Å². The maximum Gasteiger partial charge on any atom is 0.267 e. The van der Waals surface area contributed by atoms with Crippen molar-refractivity contribution in [2.45, 2.75) is 19.3 Å². The largest absolute Gasteiger partial charge is 0.508 e. The van der Waals surface area contributed by atoms with Gasteiger partial charge in [0.05, 0.1) is 0 Å². The standard InChI is InChI=1S/C13H15N3O3/c1-7-12(13(19)16-15-7)10(6-11(14)18)8-2-4-9(17)5-3-8/h2-5,10,17H,6H2,1H3,(H2,14,18)(H2,15,16,19). The normalized spacial score (nSPS) is 12.3. The third kappa shape index (κ3) is 2.67. The minimum Gasteiger partial charge on any atom is -0.508 e. The molecule has 0 fully saturated rings. The van der Waals surface area contributed by atoms with E-state index in [9.17, 15) is 14.7 Å². The number of aryl methyl sites for hydroxylation is 1. The molecule has 6 heteroatoms. The first-order chi connectivity index (χ1) is 8.99. The monoisotopic (exact) mass is 261 g/mol. The quantitative estimate of drug-likeness (QED) is 0.650. The highest BCUT2D eigenvalue weighted by Crippen LogP contribution is 2.28. The SMILES string of the molecule is Cc1[nH][nH]c(=O)c1C(CC(N)=O)c1ccc(O)cc1. The van der Waals surface area contributed by atoms with Crippen LogP contribution in [-0.2, 0) is 4.79 Å². The Balaban J connectivity index is 2.50. The zero-order valence-corrected chi connectivity index (χ0v) is 10.4. The lowest BCUT2D eigenvalue weighted by molar-refractivity contribution is -0.118. The molecule has 0 aliphatic rings. The molecule has 100 valence electrons. The first kappa shape index (κ1) is 12.9. The van der Waals surface area contributed by atoms with Gasteiger partial charge < -0.3 is 15.9 Å². The Morgan fingerprint density at radius 1 is 1.32 bits per heavy atom. The highest BCUT2D eigenvalue weighted by molar-refractivity contribution is 5.75. The summed E-state index contributed by atoms with van der Waals surface area (Å²) in [7, 11) is 0. The van der Waals surface area contributed by atoms with Crippen LogP contribution in [0.4, 0.5) is 0 Å². The van der Waals surface area contributed by atoms with Gasteiger partial charge in [0, 0.05) is 23.6 Å². The predicted molar refractivity (Wildman–Crippen MR) is 69.9 cm³/mol. The zero-order chi connectivity index (χ0) is 14.0. The summed E-state index contributed by atoms with van der Waals surface area (Å²) < 4.78 is 0. The summed E-state index contributed by atoms with van der Waals surface area (Å²) in [6.07, 6.45) is 0.0343. The average Bonchev–Trinajstić information content (AvgIpc) is 2.67. The number of nitrogens with one attached hydrogen (secondary N) is 2. The van der Waals surface area contributed by atoms with E-state index in [4.69, 9.17) is 5.73 Å². The molecular weight excluding hydrogens is 246 g/mol. The summed E-state index contributed by atoms with van der Waals surface area (Å²) >= 11 is 0. The number of phenols is 1. The number of amides is 1. The molecular formula is C13H15N3O3. The van der Waals surface area contributed by atoms with E-state index in [1.165, 1.54) is 12.1 Å². The fourth-order valence-electron chi connectivity index (χ4n) is 2.17. The van der Waals surface area contributed by atoms with Crippen molar-refractivity contribution in [1.29, 1.82) is 0 Å². The van der Waals surface area contributed by atoms with Gasteiger partial charge in [-0.15, -0.1) is 0 Å². The summed E-state index contributed by atoms with van der Waals surface area (Å²) in [5.74, 6) is -0.785. The Morgan fingerprint density at radius 3 is 2.42 bits per heavy atom. The Labute approximate surface area is 109 Å². The Hall–Kier alpha value is -2.50. The van der Waals surface area contributed by atoms with Crippen molar-refractivity contribution in [3.05, 3.63) is 51.4 Å². The number of hydrogen-bond acceptors (Lipinski definition) is 3. The van der Waals surface area contributed by atoms with Crippen LogP contribution in [0.1, 0.15) is 29.2 Å². The third-order valence-corrected chi connectivity index (χ3v) is 3.06. The molecule has 1 aromatic carbocycles. The lowest BCUT2D eigenvalue weighted by Crippen LogP contribution is -2.20. The first-order valence-corrected chi connectivity index (χ1v) is 5.83. The van der Waals surface area contributed by atoms with Crippen molar-refractivity contribution >= 4 is 5.91 Å². The lowest BCUT2D eigenvalue weighted by Gasteiger charge is -2.14. The highest BCUT2D eigenvalue weighted by atomic mass is 16.3. The highest BCUT2D eigenvalue weighted by Gasteiger charge is 2.22. The average molecular weight is 261 g/mol. The van der Waals surface area contributed by atoms with Gasteiger partial charge >= 0.3 is 0 Å². The lowest BCUT2D eigenvalue weighted by atomic mass is 9.88. The predicted octanol–water partition coefficient (Wildman–Crippen LogP) is 0.724. The van der Waals surface area contributed by atoms with Crippen LogP contribution in [0.5, 0.6) is 5.75 Å². The number of aromatic hydroxyl groups is 1. The molecule has 1 aromatic heterocycles. The minimum absolute atomic E-state index is 0.0343. The van der Waals surface area contributed by atoms with Gasteiger partial charge in [-0.2, -0.15) is 0 Å². The van der Waals surface area contributed by atoms with Gasteiger partial charge in [0.2, 0.25) is 5.91 Å². The molecule has 1 atom stereocenters. The second-order valence-corrected chi connectivity index (χ2v) is 4.43. The van der Waals surface area contributed by atoms with Crippen molar-refractivity contribution in [2.75, 3.05) is 0 Å². The van der Waals surface area contributed by atoms with Crippen molar-refractivity contribution < 1.29 is 9.90 Å². The second kappa shape index (κ2) is 5.01. The van der Waals surface area contributed by atoms with Crippen LogP contribution in [0.2, 0.25) is 0 Å². The molecule has 2 rings (SSSR count). The first-order valence-electron chi connectivity index (χ1n) is 5.83. The molecule has 0 radical (unpaired) electrons. The van der Waals surface area contributed by atoms with Gasteiger partial charge in [0.15, 0.2) is 0 Å². The van der Waals surface area contributed by atoms with Crippen molar-refractivity contribution in [1.82, 2.24) is 10.2 Å². The number of H-pyrrole nitrogens is 2. The third-order valence-electron chi connectivity index (χ3n) is 3.06. The molecule has 1 unspecified atom stereocenters. The molecule has 0 spiro atoms. The number of nitrogens with two attached hydrogens (primary N) is 1. The maximum absolute atomic E-state index is 11.8. The van der Waals surface area contributed by atoms with Crippen LogP contribution in [0.3, 0.4) is 0 Å². The molecule has 0 saturated heterocycles. The summed E-state index contributed by atoms with van der Waals surface area (Å²) in [4.78, 5) is 23.0. The van der Waals surface area contributed by atoms with E-state index in [2.05, 4.69) is 10.2 Å². The van der Waals surface area contributed by atoms with Gasteiger partial charge in [-0.3, -0.25) is 14.7 Å². The van der Waals surface area contributed by atoms with Gasteiger partial charge in [0.1, 0.15) is 5.75 Å². The maximum atomic E-state index is 11.8. The van der Waals surface area contributed by atoms with Crippen molar-refractivity contribution in [3.8, 4) is 5.75 Å². The molecule has 0 aliphatic heterocycles. The fraction of sp³-hybridized carbons (Fsp3) is 0.231. The molecule has 0 bridgehead atoms. The van der Waals surface area contributed by atoms with Crippen LogP contribution in [-0.4, -0.2) is 21.2 Å². The molecule has 0 aliphatic carbocycles. The van der Waals surface area contributed by atoms with Crippen LogP contribution in [0.15, 0.2) is 29.1 Å². The fourth-order valence-corrected chi connectivity index (χ4v) is 2.17. The van der Waals surface area contributed by atoms with Gasteiger partial charge in [0.25, 0.3) is 5.56 Å². The summed E-state index contributed by atoms with van der Waals surface area (Å²) in [5.41, 5.74) is 6.90.